The number of hydrogen-bond acceptors (Lipinski definition) is 2. The van der Waals surface area contributed by atoms with Gasteiger partial charge >= 0.3 is 5.97 Å². The molecule has 1 aromatic heterocycles. The van der Waals surface area contributed by atoms with Crippen molar-refractivity contribution in [2.24, 2.45) is 0 Å². The average molecular weight is 265 g/mol. The van der Waals surface area contributed by atoms with Crippen molar-refractivity contribution >= 4 is 23.2 Å². The Labute approximate surface area is 114 Å². The first-order chi connectivity index (χ1) is 9.70. The molecule has 1 heterocycles. The van der Waals surface area contributed by atoms with E-state index in [1.54, 1.807) is 12.1 Å². The smallest absolute Gasteiger partial charge is 0.338 e. The van der Waals surface area contributed by atoms with E-state index in [2.05, 4.69) is 4.98 Å². The number of fused-ring (bicyclic) bond motifs is 1. The number of aldehydes is 1. The van der Waals surface area contributed by atoms with Crippen molar-refractivity contribution in [3.05, 3.63) is 59.8 Å². The van der Waals surface area contributed by atoms with E-state index >= 15 is 0 Å². The van der Waals surface area contributed by atoms with Gasteiger partial charge in [-0.2, -0.15) is 0 Å². The van der Waals surface area contributed by atoms with Gasteiger partial charge in [-0.05, 0) is 23.3 Å². The van der Waals surface area contributed by atoms with Crippen LogP contribution in [-0.2, 0) is 0 Å². The minimum absolute atomic E-state index is 0.0211. The summed E-state index contributed by atoms with van der Waals surface area (Å²) in [7, 11) is 0. The summed E-state index contributed by atoms with van der Waals surface area (Å²) in [6, 6.07) is 15.1. The van der Waals surface area contributed by atoms with Crippen molar-refractivity contribution in [3.8, 4) is 11.1 Å². The van der Waals surface area contributed by atoms with Crippen LogP contribution in [0.4, 0.5) is 0 Å². The molecule has 0 saturated heterocycles. The van der Waals surface area contributed by atoms with Crippen LogP contribution in [0.5, 0.6) is 0 Å². The number of nitrogens with one attached hydrogen (secondary N) is 1. The van der Waals surface area contributed by atoms with Crippen molar-refractivity contribution < 1.29 is 14.7 Å². The van der Waals surface area contributed by atoms with Gasteiger partial charge in [0.15, 0.2) is 6.29 Å². The second-order valence-electron chi connectivity index (χ2n) is 4.46. The highest BCUT2D eigenvalue weighted by molar-refractivity contribution is 6.10. The largest absolute Gasteiger partial charge is 0.478 e. The molecule has 0 radical (unpaired) electrons. The van der Waals surface area contributed by atoms with E-state index in [4.69, 9.17) is 0 Å². The molecule has 20 heavy (non-hydrogen) atoms. The van der Waals surface area contributed by atoms with Crippen LogP contribution in [0.2, 0.25) is 0 Å². The Morgan fingerprint density at radius 3 is 2.45 bits per heavy atom. The molecule has 0 bridgehead atoms. The maximum atomic E-state index is 11.3. The van der Waals surface area contributed by atoms with E-state index < -0.39 is 5.97 Å². The fourth-order valence-electron chi connectivity index (χ4n) is 2.34. The third-order valence-electron chi connectivity index (χ3n) is 3.27. The molecule has 0 unspecified atom stereocenters. The van der Waals surface area contributed by atoms with Gasteiger partial charge in [0.1, 0.15) is 0 Å². The summed E-state index contributed by atoms with van der Waals surface area (Å²) in [5, 5.41) is 9.81. The molecule has 0 aliphatic heterocycles. The molecule has 4 nitrogen and oxygen atoms in total. The highest BCUT2D eigenvalue weighted by atomic mass is 16.4. The fraction of sp³-hybridized carbons (Fsp3) is 0. The lowest BCUT2D eigenvalue weighted by Gasteiger charge is -2.02. The number of hydrogen-bond donors (Lipinski definition) is 2. The van der Waals surface area contributed by atoms with Gasteiger partial charge in [-0.1, -0.05) is 36.4 Å². The van der Waals surface area contributed by atoms with Crippen molar-refractivity contribution in [2.75, 3.05) is 0 Å². The number of carboxylic acids is 1. The Hall–Kier alpha value is -2.88. The number of H-pyrrole nitrogens is 1. The Balaban J connectivity index is 2.27. The van der Waals surface area contributed by atoms with Crippen molar-refractivity contribution in [1.82, 2.24) is 4.98 Å². The zero-order valence-corrected chi connectivity index (χ0v) is 10.5. The highest BCUT2D eigenvalue weighted by Gasteiger charge is 2.17. The summed E-state index contributed by atoms with van der Waals surface area (Å²) in [5.74, 6) is -1.11. The van der Waals surface area contributed by atoms with E-state index in [-0.39, 0.29) is 11.3 Å². The third-order valence-corrected chi connectivity index (χ3v) is 3.27. The summed E-state index contributed by atoms with van der Waals surface area (Å²) in [4.78, 5) is 25.1. The van der Waals surface area contributed by atoms with Gasteiger partial charge in [0, 0.05) is 10.9 Å². The maximum Gasteiger partial charge on any atom is 0.338 e. The van der Waals surface area contributed by atoms with Crippen LogP contribution in [0.25, 0.3) is 22.0 Å². The fourth-order valence-corrected chi connectivity index (χ4v) is 2.34. The summed E-state index contributed by atoms with van der Waals surface area (Å²) in [6.45, 7) is 0. The zero-order chi connectivity index (χ0) is 14.1. The van der Waals surface area contributed by atoms with Crippen LogP contribution in [0.1, 0.15) is 20.8 Å². The lowest BCUT2D eigenvalue weighted by atomic mass is 10.0. The minimum atomic E-state index is -1.11. The molecule has 0 fully saturated rings. The Morgan fingerprint density at radius 1 is 1.05 bits per heavy atom. The van der Waals surface area contributed by atoms with Gasteiger partial charge in [0.2, 0.25) is 0 Å². The second-order valence-corrected chi connectivity index (χ2v) is 4.46. The summed E-state index contributed by atoms with van der Waals surface area (Å²) < 4.78 is 0. The SMILES string of the molecule is O=Cc1[nH]c2ccc(-c3ccccc3)cc2c1C(=O)O. The summed E-state index contributed by atoms with van der Waals surface area (Å²) >= 11 is 0. The van der Waals surface area contributed by atoms with E-state index in [0.29, 0.717) is 17.2 Å². The molecule has 0 aliphatic carbocycles. The van der Waals surface area contributed by atoms with Gasteiger partial charge in [-0.15, -0.1) is 0 Å². The molecular formula is C16H11NO3. The topological polar surface area (TPSA) is 70.2 Å². The number of carbonyl (C=O) groups is 2. The lowest BCUT2D eigenvalue weighted by Crippen LogP contribution is -1.99. The normalized spacial score (nSPS) is 10.6. The van der Waals surface area contributed by atoms with Gasteiger partial charge in [0.25, 0.3) is 0 Å². The van der Waals surface area contributed by atoms with E-state index in [9.17, 15) is 14.7 Å². The number of benzene rings is 2. The molecular weight excluding hydrogens is 254 g/mol. The summed E-state index contributed by atoms with van der Waals surface area (Å²) in [6.07, 6.45) is 0.533. The van der Waals surface area contributed by atoms with Crippen LogP contribution in [0.15, 0.2) is 48.5 Å². The summed E-state index contributed by atoms with van der Waals surface area (Å²) in [5.41, 5.74) is 2.67. The predicted molar refractivity (Wildman–Crippen MR) is 76.1 cm³/mol. The molecule has 0 spiro atoms. The Bertz CT molecular complexity index is 803. The first kappa shape index (κ1) is 12.2. The number of rotatable bonds is 3. The number of aromatic nitrogens is 1. The van der Waals surface area contributed by atoms with Gasteiger partial charge in [0.05, 0.1) is 11.3 Å². The van der Waals surface area contributed by atoms with Crippen LogP contribution in [-0.4, -0.2) is 22.3 Å². The number of carbonyl (C=O) groups excluding carboxylic acids is 1. The lowest BCUT2D eigenvalue weighted by molar-refractivity contribution is 0.0696. The first-order valence-electron chi connectivity index (χ1n) is 6.10. The Morgan fingerprint density at radius 2 is 1.80 bits per heavy atom. The van der Waals surface area contributed by atoms with Crippen LogP contribution in [0.3, 0.4) is 0 Å². The second kappa shape index (κ2) is 4.66. The zero-order valence-electron chi connectivity index (χ0n) is 10.5. The van der Waals surface area contributed by atoms with Gasteiger partial charge in [-0.25, -0.2) is 4.79 Å². The monoisotopic (exact) mass is 265 g/mol. The van der Waals surface area contributed by atoms with Crippen molar-refractivity contribution in [3.63, 3.8) is 0 Å². The first-order valence-corrected chi connectivity index (χ1v) is 6.10. The van der Waals surface area contributed by atoms with E-state index in [1.165, 1.54) is 0 Å². The molecule has 2 aromatic carbocycles. The van der Waals surface area contributed by atoms with Gasteiger partial charge < -0.3 is 10.1 Å². The molecule has 0 saturated carbocycles. The molecule has 0 amide bonds. The number of aromatic amines is 1. The van der Waals surface area contributed by atoms with Crippen molar-refractivity contribution in [1.29, 1.82) is 0 Å². The van der Waals surface area contributed by atoms with Crippen LogP contribution < -0.4 is 0 Å². The van der Waals surface area contributed by atoms with E-state index in [1.807, 2.05) is 36.4 Å². The quantitative estimate of drug-likeness (QED) is 0.713. The molecule has 4 heteroatoms. The molecule has 98 valence electrons. The van der Waals surface area contributed by atoms with Gasteiger partial charge in [-0.3, -0.25) is 4.79 Å². The van der Waals surface area contributed by atoms with Crippen LogP contribution >= 0.6 is 0 Å². The number of carboxylic acid groups (broad SMARTS) is 1. The van der Waals surface area contributed by atoms with Crippen LogP contribution in [0, 0.1) is 0 Å². The Kier molecular flexibility index (Phi) is 2.84. The molecule has 2 N–H and O–H groups in total. The molecule has 0 atom stereocenters. The standard InChI is InChI=1S/C16H11NO3/c18-9-14-15(16(19)20)12-8-11(6-7-13(12)17-14)10-4-2-1-3-5-10/h1-9,17H,(H,19,20). The molecule has 0 aliphatic rings. The number of aromatic carboxylic acids is 1. The average Bonchev–Trinajstić information content (AvgIpc) is 2.85. The van der Waals surface area contributed by atoms with E-state index in [0.717, 1.165) is 11.1 Å². The molecule has 3 rings (SSSR count). The van der Waals surface area contributed by atoms with Crippen molar-refractivity contribution in [2.45, 2.75) is 0 Å². The highest BCUT2D eigenvalue weighted by Crippen LogP contribution is 2.28. The third kappa shape index (κ3) is 1.87. The predicted octanol–water partition coefficient (Wildman–Crippen LogP) is 3.35. The molecule has 3 aromatic rings. The minimum Gasteiger partial charge on any atom is -0.478 e. The maximum absolute atomic E-state index is 11.3.